The Kier molecular flexibility index (Phi) is 1.92. The molecule has 2 nitrogen and oxygen atoms in total. The number of ether oxygens (including phenoxy) is 1. The van der Waals surface area contributed by atoms with E-state index in [9.17, 15) is 8.78 Å². The Morgan fingerprint density at radius 1 is 1.50 bits per heavy atom. The Labute approximate surface area is 58.3 Å². The van der Waals surface area contributed by atoms with Gasteiger partial charge in [0.05, 0.1) is 19.3 Å². The normalized spacial score (nSPS) is 26.1. The van der Waals surface area contributed by atoms with Crippen molar-refractivity contribution < 1.29 is 13.5 Å². The molecule has 0 radical (unpaired) electrons. The molecule has 0 saturated carbocycles. The fourth-order valence-electron chi connectivity index (χ4n) is 0.921. The molecule has 1 unspecified atom stereocenters. The first-order valence-corrected chi connectivity index (χ1v) is 3.18. The van der Waals surface area contributed by atoms with Crippen LogP contribution in [0.25, 0.3) is 0 Å². The number of alkyl halides is 2. The smallest absolute Gasteiger partial charge is 0.254 e. The van der Waals surface area contributed by atoms with Crippen LogP contribution in [0.15, 0.2) is 0 Å². The number of rotatable bonds is 2. The zero-order valence-electron chi connectivity index (χ0n) is 5.81. The van der Waals surface area contributed by atoms with Crippen LogP contribution in [0.2, 0.25) is 0 Å². The Morgan fingerprint density at radius 2 is 2.00 bits per heavy atom. The summed E-state index contributed by atoms with van der Waals surface area (Å²) in [5, 5.41) is 0. The van der Waals surface area contributed by atoms with E-state index >= 15 is 0 Å². The predicted molar refractivity (Wildman–Crippen MR) is 32.9 cm³/mol. The maximum atomic E-state index is 12.0. The Hall–Kier alpha value is -0.220. The third-order valence-electron chi connectivity index (χ3n) is 1.94. The first kappa shape index (κ1) is 7.88. The average Bonchev–Trinajstić information content (AvgIpc) is 1.81. The van der Waals surface area contributed by atoms with Crippen LogP contribution in [-0.2, 0) is 4.74 Å². The van der Waals surface area contributed by atoms with Crippen LogP contribution >= 0.6 is 0 Å². The van der Waals surface area contributed by atoms with E-state index in [4.69, 9.17) is 10.5 Å². The highest BCUT2D eigenvalue weighted by atomic mass is 19.3. The van der Waals surface area contributed by atoms with Crippen LogP contribution < -0.4 is 5.73 Å². The van der Waals surface area contributed by atoms with E-state index in [1.807, 2.05) is 0 Å². The van der Waals surface area contributed by atoms with Crippen molar-refractivity contribution in [3.8, 4) is 0 Å². The molecule has 0 bridgehead atoms. The molecule has 0 amide bonds. The minimum Gasteiger partial charge on any atom is -0.380 e. The minimum absolute atomic E-state index is 0.360. The Balaban J connectivity index is 2.46. The number of halogens is 2. The van der Waals surface area contributed by atoms with Gasteiger partial charge in [0.1, 0.15) is 0 Å². The van der Waals surface area contributed by atoms with Crippen molar-refractivity contribution in [3.05, 3.63) is 0 Å². The molecule has 10 heavy (non-hydrogen) atoms. The molecule has 1 fully saturated rings. The summed E-state index contributed by atoms with van der Waals surface area (Å²) in [6, 6.07) is -1.04. The number of hydrogen-bond donors (Lipinski definition) is 1. The second kappa shape index (κ2) is 2.43. The maximum Gasteiger partial charge on any atom is 0.254 e. The van der Waals surface area contributed by atoms with Crippen LogP contribution in [0.1, 0.15) is 6.92 Å². The molecule has 0 aromatic heterocycles. The molecule has 1 saturated heterocycles. The van der Waals surface area contributed by atoms with Crippen molar-refractivity contribution >= 4 is 0 Å². The van der Waals surface area contributed by atoms with Gasteiger partial charge in [-0.25, -0.2) is 8.78 Å². The van der Waals surface area contributed by atoms with Crippen molar-refractivity contribution in [1.82, 2.24) is 0 Å². The molecule has 0 spiro atoms. The fourth-order valence-corrected chi connectivity index (χ4v) is 0.921. The van der Waals surface area contributed by atoms with Crippen molar-refractivity contribution in [2.45, 2.75) is 19.4 Å². The molecule has 1 heterocycles. The summed E-state index contributed by atoms with van der Waals surface area (Å²) < 4.78 is 28.7. The molecular weight excluding hydrogens is 140 g/mol. The molecule has 60 valence electrons. The van der Waals surface area contributed by atoms with Gasteiger partial charge in [0.25, 0.3) is 6.43 Å². The fraction of sp³-hybridized carbons (Fsp3) is 1.00. The van der Waals surface area contributed by atoms with Gasteiger partial charge in [0.15, 0.2) is 0 Å². The van der Waals surface area contributed by atoms with E-state index in [1.165, 1.54) is 0 Å². The van der Waals surface area contributed by atoms with Gasteiger partial charge in [0.2, 0.25) is 0 Å². The molecule has 2 N–H and O–H groups in total. The van der Waals surface area contributed by atoms with E-state index in [0.29, 0.717) is 13.2 Å². The van der Waals surface area contributed by atoms with E-state index in [-0.39, 0.29) is 0 Å². The van der Waals surface area contributed by atoms with E-state index in [2.05, 4.69) is 0 Å². The first-order chi connectivity index (χ1) is 4.56. The molecule has 1 atom stereocenters. The number of hydrogen-bond acceptors (Lipinski definition) is 2. The van der Waals surface area contributed by atoms with Crippen molar-refractivity contribution in [1.29, 1.82) is 0 Å². The van der Waals surface area contributed by atoms with Crippen molar-refractivity contribution in [2.75, 3.05) is 13.2 Å². The van der Waals surface area contributed by atoms with Gasteiger partial charge < -0.3 is 10.5 Å². The zero-order valence-corrected chi connectivity index (χ0v) is 5.81. The van der Waals surface area contributed by atoms with Gasteiger partial charge in [0, 0.05) is 5.41 Å². The van der Waals surface area contributed by atoms with Gasteiger partial charge >= 0.3 is 0 Å². The summed E-state index contributed by atoms with van der Waals surface area (Å²) in [5.74, 6) is 0. The second-order valence-electron chi connectivity index (χ2n) is 3.01. The predicted octanol–water partition coefficient (Wildman–Crippen LogP) is 0.615. The van der Waals surface area contributed by atoms with Crippen LogP contribution in [0.3, 0.4) is 0 Å². The van der Waals surface area contributed by atoms with Gasteiger partial charge in [-0.1, -0.05) is 6.92 Å². The molecule has 1 rings (SSSR count). The highest BCUT2D eigenvalue weighted by Gasteiger charge is 2.43. The highest BCUT2D eigenvalue weighted by molar-refractivity contribution is 4.91. The maximum absolute atomic E-state index is 12.0. The second-order valence-corrected chi connectivity index (χ2v) is 3.01. The summed E-state index contributed by atoms with van der Waals surface area (Å²) in [5.41, 5.74) is 4.73. The SMILES string of the molecule is CC1(C(N)C(F)F)COC1. The monoisotopic (exact) mass is 151 g/mol. The number of nitrogens with two attached hydrogens (primary N) is 1. The molecule has 0 aliphatic carbocycles. The molecular formula is C6H11F2NO. The molecule has 4 heteroatoms. The lowest BCUT2D eigenvalue weighted by molar-refractivity contribution is -0.137. The standard InChI is InChI=1S/C6H11F2NO/c1-6(2-10-3-6)4(9)5(7)8/h4-5H,2-3,9H2,1H3. The summed E-state index contributed by atoms with van der Waals surface area (Å²) >= 11 is 0. The minimum atomic E-state index is -2.44. The zero-order chi connectivity index (χ0) is 7.78. The summed E-state index contributed by atoms with van der Waals surface area (Å²) in [6.07, 6.45) is -2.44. The average molecular weight is 151 g/mol. The van der Waals surface area contributed by atoms with Gasteiger partial charge in [-0.3, -0.25) is 0 Å². The summed E-state index contributed by atoms with van der Waals surface area (Å²) in [6.45, 7) is 2.43. The van der Waals surface area contributed by atoms with Crippen LogP contribution in [0.4, 0.5) is 8.78 Å². The van der Waals surface area contributed by atoms with Gasteiger partial charge in [-0.05, 0) is 0 Å². The molecule has 0 aromatic carbocycles. The van der Waals surface area contributed by atoms with Crippen molar-refractivity contribution in [2.24, 2.45) is 11.1 Å². The summed E-state index contributed by atoms with van der Waals surface area (Å²) in [7, 11) is 0. The Bertz CT molecular complexity index is 125. The lowest BCUT2D eigenvalue weighted by Crippen LogP contribution is -2.56. The van der Waals surface area contributed by atoms with Gasteiger partial charge in [-0.15, -0.1) is 0 Å². The third kappa shape index (κ3) is 1.13. The topological polar surface area (TPSA) is 35.2 Å². The third-order valence-corrected chi connectivity index (χ3v) is 1.94. The molecule has 0 aromatic rings. The molecule has 1 aliphatic heterocycles. The van der Waals surface area contributed by atoms with E-state index < -0.39 is 17.9 Å². The first-order valence-electron chi connectivity index (χ1n) is 3.18. The lowest BCUT2D eigenvalue weighted by atomic mass is 9.81. The van der Waals surface area contributed by atoms with Crippen LogP contribution in [-0.4, -0.2) is 25.7 Å². The van der Waals surface area contributed by atoms with E-state index in [1.54, 1.807) is 6.92 Å². The summed E-state index contributed by atoms with van der Waals surface area (Å²) in [4.78, 5) is 0. The Morgan fingerprint density at radius 3 is 2.10 bits per heavy atom. The van der Waals surface area contributed by atoms with Crippen LogP contribution in [0.5, 0.6) is 0 Å². The van der Waals surface area contributed by atoms with Crippen LogP contribution in [0, 0.1) is 5.41 Å². The van der Waals surface area contributed by atoms with Gasteiger partial charge in [-0.2, -0.15) is 0 Å². The van der Waals surface area contributed by atoms with E-state index in [0.717, 1.165) is 0 Å². The van der Waals surface area contributed by atoms with Crippen molar-refractivity contribution in [3.63, 3.8) is 0 Å². The largest absolute Gasteiger partial charge is 0.380 e. The lowest BCUT2D eigenvalue weighted by Gasteiger charge is -2.42. The highest BCUT2D eigenvalue weighted by Crippen LogP contribution is 2.32. The molecule has 1 aliphatic rings. The quantitative estimate of drug-likeness (QED) is 0.627.